The van der Waals surface area contributed by atoms with Crippen LogP contribution in [0, 0.1) is 0 Å². The fourth-order valence-corrected chi connectivity index (χ4v) is 6.64. The van der Waals surface area contributed by atoms with Crippen LogP contribution in [0.5, 0.6) is 0 Å². The molecule has 0 saturated heterocycles. The van der Waals surface area contributed by atoms with Crippen LogP contribution in [0.4, 0.5) is 0 Å². The summed E-state index contributed by atoms with van der Waals surface area (Å²) >= 11 is 0. The summed E-state index contributed by atoms with van der Waals surface area (Å²) in [6, 6.07) is 51.6. The van der Waals surface area contributed by atoms with Gasteiger partial charge in [-0.25, -0.2) is 4.98 Å². The number of nitrogens with zero attached hydrogens (tertiary/aromatic N) is 4. The average Bonchev–Trinajstić information content (AvgIpc) is 3.61. The molecule has 9 rings (SSSR count). The van der Waals surface area contributed by atoms with Crippen molar-refractivity contribution < 1.29 is 21.1 Å². The van der Waals surface area contributed by atoms with E-state index in [-0.39, 0.29) is 21.1 Å². The minimum Gasteiger partial charge on any atom is -0.309 e. The van der Waals surface area contributed by atoms with Crippen molar-refractivity contribution in [3.63, 3.8) is 0 Å². The standard InChI is InChI=1S/C40H26N4.Pt/c1-2-10-27(11-3-1)28-21-23-42-40(25-28)44-37-16-7-5-13-32(37)34-20-18-30(26-39(34)44)43-36-15-6-4-12-31(36)33-19-17-29(24-38(33)43)35-14-8-9-22-41-35;/h1-26H;. The Bertz CT molecular complexity index is 2490. The van der Waals surface area contributed by atoms with Crippen LogP contribution in [0.3, 0.4) is 0 Å². The molecule has 216 valence electrons. The smallest absolute Gasteiger partial charge is 0.138 e. The summed E-state index contributed by atoms with van der Waals surface area (Å²) in [5, 5.41) is 4.86. The first-order valence-electron chi connectivity index (χ1n) is 14.8. The molecule has 4 heterocycles. The molecule has 0 aliphatic carbocycles. The van der Waals surface area contributed by atoms with E-state index in [9.17, 15) is 0 Å². The van der Waals surface area contributed by atoms with Crippen LogP contribution in [0.15, 0.2) is 158 Å². The van der Waals surface area contributed by atoms with Gasteiger partial charge in [-0.3, -0.25) is 9.55 Å². The van der Waals surface area contributed by atoms with Gasteiger partial charge in [-0.05, 0) is 65.7 Å². The number of para-hydroxylation sites is 2. The van der Waals surface area contributed by atoms with Crippen molar-refractivity contribution in [2.45, 2.75) is 0 Å². The average molecular weight is 758 g/mol. The van der Waals surface area contributed by atoms with Gasteiger partial charge >= 0.3 is 0 Å². The zero-order chi connectivity index (χ0) is 29.0. The van der Waals surface area contributed by atoms with E-state index in [1.54, 1.807) is 0 Å². The fourth-order valence-electron chi connectivity index (χ4n) is 6.64. The molecule has 0 N–H and O–H groups in total. The molecule has 0 aliphatic heterocycles. The quantitative estimate of drug-likeness (QED) is 0.179. The molecule has 9 aromatic rings. The topological polar surface area (TPSA) is 35.6 Å². The van der Waals surface area contributed by atoms with Crippen molar-refractivity contribution in [2.75, 3.05) is 0 Å². The van der Waals surface area contributed by atoms with E-state index < -0.39 is 0 Å². The van der Waals surface area contributed by atoms with Crippen molar-refractivity contribution in [3.05, 3.63) is 158 Å². The molecular formula is C40H26N4Pt. The molecule has 0 saturated carbocycles. The van der Waals surface area contributed by atoms with Crippen molar-refractivity contribution in [3.8, 4) is 33.9 Å². The maximum Gasteiger partial charge on any atom is 0.138 e. The second-order valence-electron chi connectivity index (χ2n) is 11.1. The molecule has 0 unspecified atom stereocenters. The number of hydrogen-bond acceptors (Lipinski definition) is 2. The first kappa shape index (κ1) is 27.3. The third-order valence-electron chi connectivity index (χ3n) is 8.63. The van der Waals surface area contributed by atoms with E-state index in [0.717, 1.165) is 44.9 Å². The third-order valence-corrected chi connectivity index (χ3v) is 8.63. The Balaban J connectivity index is 0.00000300. The van der Waals surface area contributed by atoms with Crippen LogP contribution < -0.4 is 0 Å². The van der Waals surface area contributed by atoms with Crippen LogP contribution in [-0.2, 0) is 21.1 Å². The molecule has 0 fully saturated rings. The second kappa shape index (κ2) is 11.0. The van der Waals surface area contributed by atoms with Crippen LogP contribution in [0.1, 0.15) is 0 Å². The summed E-state index contributed by atoms with van der Waals surface area (Å²) in [5.41, 5.74) is 10.1. The van der Waals surface area contributed by atoms with Gasteiger partial charge in [0.1, 0.15) is 5.82 Å². The van der Waals surface area contributed by atoms with Crippen molar-refractivity contribution in [2.24, 2.45) is 0 Å². The maximum atomic E-state index is 4.89. The number of pyridine rings is 2. The van der Waals surface area contributed by atoms with Gasteiger partial charge in [0, 0.05) is 66.3 Å². The van der Waals surface area contributed by atoms with Gasteiger partial charge in [0.2, 0.25) is 0 Å². The Morgan fingerprint density at radius 3 is 1.78 bits per heavy atom. The molecule has 0 spiro atoms. The summed E-state index contributed by atoms with van der Waals surface area (Å²) in [7, 11) is 0. The van der Waals surface area contributed by atoms with Crippen LogP contribution in [0.2, 0.25) is 0 Å². The first-order chi connectivity index (χ1) is 21.8. The van der Waals surface area contributed by atoms with Crippen molar-refractivity contribution in [1.29, 1.82) is 0 Å². The van der Waals surface area contributed by atoms with Crippen molar-refractivity contribution in [1.82, 2.24) is 19.1 Å². The Morgan fingerprint density at radius 2 is 1.02 bits per heavy atom. The van der Waals surface area contributed by atoms with E-state index in [2.05, 4.69) is 142 Å². The van der Waals surface area contributed by atoms with Gasteiger partial charge in [-0.15, -0.1) is 0 Å². The Kier molecular flexibility index (Phi) is 6.66. The molecular weight excluding hydrogens is 732 g/mol. The number of aromatic nitrogens is 4. The number of benzene rings is 5. The molecule has 0 amide bonds. The number of rotatable bonds is 4. The predicted octanol–water partition coefficient (Wildman–Crippen LogP) is 10.0. The van der Waals surface area contributed by atoms with Gasteiger partial charge < -0.3 is 4.57 Å². The zero-order valence-corrected chi connectivity index (χ0v) is 26.4. The molecule has 4 aromatic heterocycles. The molecule has 5 aromatic carbocycles. The van der Waals surface area contributed by atoms with Crippen LogP contribution in [-0.4, -0.2) is 19.1 Å². The number of fused-ring (bicyclic) bond motifs is 6. The van der Waals surface area contributed by atoms with Crippen LogP contribution >= 0.6 is 0 Å². The predicted molar refractivity (Wildman–Crippen MR) is 182 cm³/mol. The van der Waals surface area contributed by atoms with Gasteiger partial charge in [0.15, 0.2) is 0 Å². The minimum atomic E-state index is 0. The summed E-state index contributed by atoms with van der Waals surface area (Å²) < 4.78 is 4.68. The van der Waals surface area contributed by atoms with Gasteiger partial charge in [0.05, 0.1) is 27.8 Å². The van der Waals surface area contributed by atoms with Gasteiger partial charge in [-0.2, -0.15) is 0 Å². The normalized spacial score (nSPS) is 11.4. The number of hydrogen-bond donors (Lipinski definition) is 0. The molecule has 4 nitrogen and oxygen atoms in total. The molecule has 0 radical (unpaired) electrons. The summed E-state index contributed by atoms with van der Waals surface area (Å²) in [6.45, 7) is 0. The molecule has 0 atom stereocenters. The zero-order valence-electron chi connectivity index (χ0n) is 24.1. The summed E-state index contributed by atoms with van der Waals surface area (Å²) in [5.74, 6) is 0.898. The molecule has 0 aliphatic rings. The third kappa shape index (κ3) is 4.41. The fraction of sp³-hybridized carbons (Fsp3) is 0. The Morgan fingerprint density at radius 1 is 0.378 bits per heavy atom. The van der Waals surface area contributed by atoms with Crippen LogP contribution in [0.25, 0.3) is 77.5 Å². The second-order valence-corrected chi connectivity index (χ2v) is 11.1. The monoisotopic (exact) mass is 757 g/mol. The first-order valence-corrected chi connectivity index (χ1v) is 14.8. The maximum absolute atomic E-state index is 4.89. The molecule has 5 heteroatoms. The van der Waals surface area contributed by atoms with E-state index in [1.165, 1.54) is 32.6 Å². The molecule has 45 heavy (non-hydrogen) atoms. The SMILES string of the molecule is [Pt].c1ccc(-c2ccnc(-n3c4ccccc4c4ccc(-n5c6ccccc6c6ccc(-c7ccccn7)cc65)cc43)c2)cc1. The van der Waals surface area contributed by atoms with E-state index in [0.29, 0.717) is 0 Å². The van der Waals surface area contributed by atoms with Gasteiger partial charge in [-0.1, -0.05) is 91.0 Å². The minimum absolute atomic E-state index is 0. The Hall–Kier alpha value is -5.31. The van der Waals surface area contributed by atoms with E-state index >= 15 is 0 Å². The summed E-state index contributed by atoms with van der Waals surface area (Å²) in [4.78, 5) is 9.53. The van der Waals surface area contributed by atoms with E-state index in [4.69, 9.17) is 4.98 Å². The largest absolute Gasteiger partial charge is 0.309 e. The Labute approximate surface area is 274 Å². The molecule has 0 bridgehead atoms. The summed E-state index contributed by atoms with van der Waals surface area (Å²) in [6.07, 6.45) is 3.76. The van der Waals surface area contributed by atoms with Crippen molar-refractivity contribution >= 4 is 43.6 Å². The van der Waals surface area contributed by atoms with Gasteiger partial charge in [0.25, 0.3) is 0 Å². The van der Waals surface area contributed by atoms with E-state index in [1.807, 2.05) is 30.6 Å².